The number of aryl methyl sites for hydroxylation is 1. The summed E-state index contributed by atoms with van der Waals surface area (Å²) in [6.07, 6.45) is 0. The van der Waals surface area contributed by atoms with Crippen molar-refractivity contribution in [2.75, 3.05) is 31.6 Å². The second-order valence-corrected chi connectivity index (χ2v) is 5.74. The van der Waals surface area contributed by atoms with Crippen LogP contribution in [0.2, 0.25) is 0 Å². The van der Waals surface area contributed by atoms with E-state index in [0.717, 1.165) is 54.1 Å². The molecule has 1 aliphatic rings. The Kier molecular flexibility index (Phi) is 4.96. The maximum Gasteiger partial charge on any atom is 0.221 e. The molecule has 2 rings (SSSR count). The average molecular weight is 327 g/mol. The third-order valence-electron chi connectivity index (χ3n) is 3.18. The molecule has 1 N–H and O–H groups in total. The number of nitrogens with one attached hydrogen (secondary N) is 1. The molecule has 0 saturated carbocycles. The molecular formula is C14H19BrN2O2. The molecule has 0 radical (unpaired) electrons. The van der Waals surface area contributed by atoms with Crippen molar-refractivity contribution < 1.29 is 9.53 Å². The zero-order valence-corrected chi connectivity index (χ0v) is 12.9. The molecule has 1 saturated heterocycles. The SMILES string of the molecule is CC(=O)Nc1c(C)cc(Br)cc1CN1CCOCC1. The largest absolute Gasteiger partial charge is 0.379 e. The summed E-state index contributed by atoms with van der Waals surface area (Å²) < 4.78 is 6.40. The fraction of sp³-hybridized carbons (Fsp3) is 0.500. The molecule has 1 fully saturated rings. The van der Waals surface area contributed by atoms with Crippen molar-refractivity contribution in [1.29, 1.82) is 0 Å². The number of morpholine rings is 1. The standard InChI is InChI=1S/C14H19BrN2O2/c1-10-7-13(15)8-12(14(10)16-11(2)18)9-17-3-5-19-6-4-17/h7-8H,3-6,9H2,1-2H3,(H,16,18). The molecule has 1 heterocycles. The Bertz CT molecular complexity index is 471. The van der Waals surface area contributed by atoms with Gasteiger partial charge in [-0.2, -0.15) is 0 Å². The van der Waals surface area contributed by atoms with E-state index in [4.69, 9.17) is 4.74 Å². The Balaban J connectivity index is 2.23. The van der Waals surface area contributed by atoms with Crippen LogP contribution in [0.1, 0.15) is 18.1 Å². The van der Waals surface area contributed by atoms with Gasteiger partial charge in [0.2, 0.25) is 5.91 Å². The van der Waals surface area contributed by atoms with Gasteiger partial charge in [-0.15, -0.1) is 0 Å². The van der Waals surface area contributed by atoms with E-state index in [1.165, 1.54) is 0 Å². The number of hydrogen-bond donors (Lipinski definition) is 1. The predicted octanol–water partition coefficient (Wildman–Crippen LogP) is 2.55. The first-order valence-corrected chi connectivity index (χ1v) is 7.22. The summed E-state index contributed by atoms with van der Waals surface area (Å²) in [5, 5.41) is 2.94. The minimum absolute atomic E-state index is 0.0337. The van der Waals surface area contributed by atoms with Crippen molar-refractivity contribution in [1.82, 2.24) is 4.90 Å². The summed E-state index contributed by atoms with van der Waals surface area (Å²) in [5.74, 6) is -0.0337. The molecule has 1 amide bonds. The lowest BCUT2D eigenvalue weighted by Crippen LogP contribution is -2.35. The zero-order valence-electron chi connectivity index (χ0n) is 11.3. The predicted molar refractivity (Wildman–Crippen MR) is 79.3 cm³/mol. The number of carbonyl (C=O) groups is 1. The minimum atomic E-state index is -0.0337. The second-order valence-electron chi connectivity index (χ2n) is 4.83. The molecule has 0 atom stereocenters. The Labute approximate surface area is 122 Å². The van der Waals surface area contributed by atoms with Gasteiger partial charge in [0.25, 0.3) is 0 Å². The van der Waals surface area contributed by atoms with Crippen LogP contribution < -0.4 is 5.32 Å². The number of anilines is 1. The van der Waals surface area contributed by atoms with Gasteiger partial charge in [-0.05, 0) is 30.2 Å². The lowest BCUT2D eigenvalue weighted by Gasteiger charge is -2.28. The number of halogens is 1. The van der Waals surface area contributed by atoms with Crippen LogP contribution in [0.15, 0.2) is 16.6 Å². The average Bonchev–Trinajstić information content (AvgIpc) is 2.34. The summed E-state index contributed by atoms with van der Waals surface area (Å²) in [7, 11) is 0. The van der Waals surface area contributed by atoms with Crippen LogP contribution in [0.4, 0.5) is 5.69 Å². The Morgan fingerprint density at radius 2 is 2.11 bits per heavy atom. The third kappa shape index (κ3) is 4.03. The van der Waals surface area contributed by atoms with Gasteiger partial charge in [-0.25, -0.2) is 0 Å². The number of nitrogens with zero attached hydrogens (tertiary/aromatic N) is 1. The molecule has 1 aromatic carbocycles. The first-order chi connectivity index (χ1) is 9.06. The van der Waals surface area contributed by atoms with Gasteiger partial charge in [0.1, 0.15) is 0 Å². The maximum absolute atomic E-state index is 11.3. The molecule has 0 bridgehead atoms. The summed E-state index contributed by atoms with van der Waals surface area (Å²) >= 11 is 3.52. The van der Waals surface area contributed by atoms with E-state index < -0.39 is 0 Å². The third-order valence-corrected chi connectivity index (χ3v) is 3.64. The zero-order chi connectivity index (χ0) is 13.8. The highest BCUT2D eigenvalue weighted by atomic mass is 79.9. The van der Waals surface area contributed by atoms with Crippen LogP contribution in [0.5, 0.6) is 0 Å². The molecule has 0 unspecified atom stereocenters. The molecule has 0 aromatic heterocycles. The molecule has 1 aromatic rings. The Morgan fingerprint density at radius 1 is 1.42 bits per heavy atom. The van der Waals surface area contributed by atoms with Gasteiger partial charge in [-0.3, -0.25) is 9.69 Å². The molecule has 5 heteroatoms. The van der Waals surface area contributed by atoms with Crippen LogP contribution >= 0.6 is 15.9 Å². The number of amides is 1. The summed E-state index contributed by atoms with van der Waals surface area (Å²) in [6.45, 7) is 7.82. The van der Waals surface area contributed by atoms with Crippen LogP contribution in [-0.4, -0.2) is 37.1 Å². The summed E-state index contributed by atoms with van der Waals surface area (Å²) in [5.41, 5.74) is 3.15. The highest BCUT2D eigenvalue weighted by Gasteiger charge is 2.15. The fourth-order valence-corrected chi connectivity index (χ4v) is 2.91. The highest BCUT2D eigenvalue weighted by molar-refractivity contribution is 9.10. The molecular weight excluding hydrogens is 308 g/mol. The molecule has 0 spiro atoms. The van der Waals surface area contributed by atoms with E-state index >= 15 is 0 Å². The number of carbonyl (C=O) groups excluding carboxylic acids is 1. The van der Waals surface area contributed by atoms with Crippen LogP contribution in [0.25, 0.3) is 0 Å². The van der Waals surface area contributed by atoms with E-state index in [2.05, 4.69) is 32.2 Å². The van der Waals surface area contributed by atoms with E-state index in [9.17, 15) is 4.79 Å². The van der Waals surface area contributed by atoms with E-state index in [-0.39, 0.29) is 5.91 Å². The van der Waals surface area contributed by atoms with Crippen molar-refractivity contribution in [2.24, 2.45) is 0 Å². The van der Waals surface area contributed by atoms with Gasteiger partial charge in [0.15, 0.2) is 0 Å². The molecule has 104 valence electrons. The number of ether oxygens (including phenoxy) is 1. The highest BCUT2D eigenvalue weighted by Crippen LogP contribution is 2.27. The smallest absolute Gasteiger partial charge is 0.221 e. The number of rotatable bonds is 3. The lowest BCUT2D eigenvalue weighted by atomic mass is 10.1. The number of hydrogen-bond acceptors (Lipinski definition) is 3. The summed E-state index contributed by atoms with van der Waals surface area (Å²) in [4.78, 5) is 13.7. The van der Waals surface area contributed by atoms with Crippen LogP contribution in [-0.2, 0) is 16.1 Å². The Morgan fingerprint density at radius 3 is 2.74 bits per heavy atom. The van der Waals surface area contributed by atoms with Crippen LogP contribution in [0, 0.1) is 6.92 Å². The van der Waals surface area contributed by atoms with E-state index in [1.807, 2.05) is 13.0 Å². The molecule has 1 aliphatic heterocycles. The van der Waals surface area contributed by atoms with Crippen molar-refractivity contribution >= 4 is 27.5 Å². The molecule has 0 aliphatic carbocycles. The quantitative estimate of drug-likeness (QED) is 0.928. The molecule has 4 nitrogen and oxygen atoms in total. The maximum atomic E-state index is 11.3. The van der Waals surface area contributed by atoms with Crippen molar-refractivity contribution in [3.8, 4) is 0 Å². The van der Waals surface area contributed by atoms with Crippen molar-refractivity contribution in [3.05, 3.63) is 27.7 Å². The van der Waals surface area contributed by atoms with Crippen molar-refractivity contribution in [2.45, 2.75) is 20.4 Å². The first kappa shape index (κ1) is 14.5. The van der Waals surface area contributed by atoms with Gasteiger partial charge in [-0.1, -0.05) is 15.9 Å². The Hall–Kier alpha value is -0.910. The second kappa shape index (κ2) is 6.50. The topological polar surface area (TPSA) is 41.6 Å². The first-order valence-electron chi connectivity index (χ1n) is 6.43. The van der Waals surface area contributed by atoms with Gasteiger partial charge < -0.3 is 10.1 Å². The fourth-order valence-electron chi connectivity index (χ4n) is 2.29. The lowest BCUT2D eigenvalue weighted by molar-refractivity contribution is -0.114. The number of benzene rings is 1. The normalized spacial score (nSPS) is 16.4. The molecule has 19 heavy (non-hydrogen) atoms. The van der Waals surface area contributed by atoms with Crippen LogP contribution in [0.3, 0.4) is 0 Å². The van der Waals surface area contributed by atoms with Gasteiger partial charge in [0.05, 0.1) is 13.2 Å². The minimum Gasteiger partial charge on any atom is -0.379 e. The monoisotopic (exact) mass is 326 g/mol. The van der Waals surface area contributed by atoms with E-state index in [1.54, 1.807) is 6.92 Å². The van der Waals surface area contributed by atoms with Crippen molar-refractivity contribution in [3.63, 3.8) is 0 Å². The summed E-state index contributed by atoms with van der Waals surface area (Å²) in [6, 6.07) is 4.10. The van der Waals surface area contributed by atoms with Gasteiger partial charge in [0, 0.05) is 36.7 Å². The van der Waals surface area contributed by atoms with E-state index in [0.29, 0.717) is 0 Å². The van der Waals surface area contributed by atoms with Gasteiger partial charge >= 0.3 is 0 Å².